The standard InChI is InChI=1S/C17H18FN3O3S/c1-22-13-8-15(23-2)14(16(9-13)24-3)10-19-21-17(25)20-12-6-4-11(18)5-7-12/h4-10H,1-3H3,(H2,20,21,25)/b19-10-. The third-order valence-electron chi connectivity index (χ3n) is 3.21. The number of hydrogen-bond donors (Lipinski definition) is 2. The fraction of sp³-hybridized carbons (Fsp3) is 0.176. The van der Waals surface area contributed by atoms with Gasteiger partial charge in [-0.3, -0.25) is 5.43 Å². The number of nitrogens with one attached hydrogen (secondary N) is 2. The van der Waals surface area contributed by atoms with Crippen molar-refractivity contribution in [2.24, 2.45) is 5.10 Å². The molecule has 2 aromatic carbocycles. The topological polar surface area (TPSA) is 64.1 Å². The lowest BCUT2D eigenvalue weighted by Gasteiger charge is -2.12. The van der Waals surface area contributed by atoms with Gasteiger partial charge in [0.05, 0.1) is 33.1 Å². The second kappa shape index (κ2) is 8.84. The molecule has 0 aliphatic carbocycles. The van der Waals surface area contributed by atoms with Crippen LogP contribution in [0, 0.1) is 5.82 Å². The van der Waals surface area contributed by atoms with Crippen LogP contribution in [0.25, 0.3) is 0 Å². The summed E-state index contributed by atoms with van der Waals surface area (Å²) in [5.74, 6) is 1.37. The first kappa shape index (κ1) is 18.5. The van der Waals surface area contributed by atoms with Gasteiger partial charge >= 0.3 is 0 Å². The Morgan fingerprint density at radius 1 is 1.04 bits per heavy atom. The number of ether oxygens (including phenoxy) is 3. The minimum Gasteiger partial charge on any atom is -0.496 e. The molecule has 0 radical (unpaired) electrons. The molecule has 0 aromatic heterocycles. The van der Waals surface area contributed by atoms with Gasteiger partial charge in [0.15, 0.2) is 5.11 Å². The van der Waals surface area contributed by atoms with Crippen molar-refractivity contribution in [2.45, 2.75) is 0 Å². The Hall–Kier alpha value is -2.87. The maximum absolute atomic E-state index is 12.9. The number of hydrogen-bond acceptors (Lipinski definition) is 5. The first-order valence-electron chi connectivity index (χ1n) is 7.23. The smallest absolute Gasteiger partial charge is 0.191 e. The summed E-state index contributed by atoms with van der Waals surface area (Å²) in [6, 6.07) is 9.26. The van der Waals surface area contributed by atoms with Crippen molar-refractivity contribution >= 4 is 29.2 Å². The summed E-state index contributed by atoms with van der Waals surface area (Å²) in [6.07, 6.45) is 1.52. The van der Waals surface area contributed by atoms with Crippen molar-refractivity contribution in [1.82, 2.24) is 5.43 Å². The van der Waals surface area contributed by atoms with Crippen LogP contribution in [0.2, 0.25) is 0 Å². The summed E-state index contributed by atoms with van der Waals surface area (Å²) in [5.41, 5.74) is 3.95. The van der Waals surface area contributed by atoms with Gasteiger partial charge in [-0.2, -0.15) is 5.10 Å². The van der Waals surface area contributed by atoms with E-state index in [2.05, 4.69) is 15.8 Å². The highest BCUT2D eigenvalue weighted by Crippen LogP contribution is 2.32. The van der Waals surface area contributed by atoms with Crippen molar-refractivity contribution < 1.29 is 18.6 Å². The number of halogens is 1. The molecule has 2 aromatic rings. The summed E-state index contributed by atoms with van der Waals surface area (Å²) in [7, 11) is 4.64. The van der Waals surface area contributed by atoms with Crippen LogP contribution in [0.4, 0.5) is 10.1 Å². The van der Waals surface area contributed by atoms with Gasteiger partial charge in [0, 0.05) is 17.8 Å². The Bertz CT molecular complexity index is 741. The average molecular weight is 363 g/mol. The molecular weight excluding hydrogens is 345 g/mol. The Labute approximate surface area is 150 Å². The van der Waals surface area contributed by atoms with Gasteiger partial charge in [-0.1, -0.05) is 0 Å². The van der Waals surface area contributed by atoms with E-state index in [9.17, 15) is 4.39 Å². The fourth-order valence-electron chi connectivity index (χ4n) is 2.01. The van der Waals surface area contributed by atoms with Crippen LogP contribution in [0.15, 0.2) is 41.5 Å². The Morgan fingerprint density at radius 3 is 2.16 bits per heavy atom. The van der Waals surface area contributed by atoms with E-state index in [0.717, 1.165) is 0 Å². The van der Waals surface area contributed by atoms with E-state index in [-0.39, 0.29) is 10.9 Å². The largest absolute Gasteiger partial charge is 0.496 e. The molecule has 0 saturated heterocycles. The SMILES string of the molecule is COc1cc(OC)c(/C=N\NC(=S)Nc2ccc(F)cc2)c(OC)c1. The number of benzene rings is 2. The molecule has 6 nitrogen and oxygen atoms in total. The summed E-state index contributed by atoms with van der Waals surface area (Å²) in [5, 5.41) is 7.22. The summed E-state index contributed by atoms with van der Waals surface area (Å²) in [6.45, 7) is 0. The maximum atomic E-state index is 12.9. The maximum Gasteiger partial charge on any atom is 0.191 e. The molecule has 0 saturated carbocycles. The molecule has 2 N–H and O–H groups in total. The molecule has 0 aliphatic rings. The van der Waals surface area contributed by atoms with Crippen LogP contribution in [0.3, 0.4) is 0 Å². The molecule has 0 atom stereocenters. The predicted molar refractivity (Wildman–Crippen MR) is 99.4 cm³/mol. The molecular formula is C17H18FN3O3S. The highest BCUT2D eigenvalue weighted by molar-refractivity contribution is 7.80. The van der Waals surface area contributed by atoms with E-state index in [4.69, 9.17) is 26.4 Å². The lowest BCUT2D eigenvalue weighted by molar-refractivity contribution is 0.374. The van der Waals surface area contributed by atoms with Gasteiger partial charge in [0.1, 0.15) is 23.1 Å². The van der Waals surface area contributed by atoms with Crippen molar-refractivity contribution in [2.75, 3.05) is 26.6 Å². The van der Waals surface area contributed by atoms with Crippen LogP contribution in [-0.4, -0.2) is 32.7 Å². The van der Waals surface area contributed by atoms with E-state index in [1.54, 1.807) is 45.6 Å². The predicted octanol–water partition coefficient (Wildman–Crippen LogP) is 3.17. The number of thiocarbonyl (C=S) groups is 1. The summed E-state index contributed by atoms with van der Waals surface area (Å²) >= 11 is 5.13. The van der Waals surface area contributed by atoms with E-state index >= 15 is 0 Å². The first-order chi connectivity index (χ1) is 12.1. The quantitative estimate of drug-likeness (QED) is 0.467. The van der Waals surface area contributed by atoms with Gasteiger partial charge in [0.25, 0.3) is 0 Å². The number of methoxy groups -OCH3 is 3. The number of rotatable bonds is 6. The fourth-order valence-corrected chi connectivity index (χ4v) is 2.18. The zero-order valence-electron chi connectivity index (χ0n) is 14.0. The molecule has 132 valence electrons. The van der Waals surface area contributed by atoms with Crippen molar-refractivity contribution in [3.63, 3.8) is 0 Å². The normalized spacial score (nSPS) is 10.4. The summed E-state index contributed by atoms with van der Waals surface area (Å²) < 4.78 is 28.7. The molecule has 0 fully saturated rings. The number of anilines is 1. The minimum atomic E-state index is -0.318. The van der Waals surface area contributed by atoms with Crippen molar-refractivity contribution in [3.05, 3.63) is 47.8 Å². The third-order valence-corrected chi connectivity index (χ3v) is 3.41. The molecule has 0 aliphatic heterocycles. The molecule has 0 bridgehead atoms. The van der Waals surface area contributed by atoms with E-state index in [0.29, 0.717) is 28.5 Å². The third kappa shape index (κ3) is 5.05. The molecule has 0 amide bonds. The minimum absolute atomic E-state index is 0.259. The molecule has 0 unspecified atom stereocenters. The highest BCUT2D eigenvalue weighted by atomic mass is 32.1. The second-order valence-electron chi connectivity index (χ2n) is 4.78. The van der Waals surface area contributed by atoms with Gasteiger partial charge in [0.2, 0.25) is 0 Å². The van der Waals surface area contributed by atoms with Crippen LogP contribution in [0.5, 0.6) is 17.2 Å². The van der Waals surface area contributed by atoms with Crippen LogP contribution < -0.4 is 25.0 Å². The lowest BCUT2D eigenvalue weighted by Crippen LogP contribution is -2.23. The van der Waals surface area contributed by atoms with E-state index in [1.807, 2.05) is 0 Å². The molecule has 0 spiro atoms. The Morgan fingerprint density at radius 2 is 1.64 bits per heavy atom. The van der Waals surface area contributed by atoms with Gasteiger partial charge in [-0.15, -0.1) is 0 Å². The molecule has 2 rings (SSSR count). The number of nitrogens with zero attached hydrogens (tertiary/aromatic N) is 1. The monoisotopic (exact) mass is 363 g/mol. The average Bonchev–Trinajstić information content (AvgIpc) is 2.63. The van der Waals surface area contributed by atoms with Crippen LogP contribution in [-0.2, 0) is 0 Å². The molecule has 25 heavy (non-hydrogen) atoms. The summed E-state index contributed by atoms with van der Waals surface area (Å²) in [4.78, 5) is 0. The Balaban J connectivity index is 2.08. The molecule has 8 heteroatoms. The van der Waals surface area contributed by atoms with E-state index in [1.165, 1.54) is 18.3 Å². The van der Waals surface area contributed by atoms with E-state index < -0.39 is 0 Å². The van der Waals surface area contributed by atoms with Crippen LogP contribution in [0.1, 0.15) is 5.56 Å². The highest BCUT2D eigenvalue weighted by Gasteiger charge is 2.11. The lowest BCUT2D eigenvalue weighted by atomic mass is 10.2. The van der Waals surface area contributed by atoms with Gasteiger partial charge in [-0.25, -0.2) is 4.39 Å². The Kier molecular flexibility index (Phi) is 6.53. The first-order valence-corrected chi connectivity index (χ1v) is 7.64. The zero-order valence-corrected chi connectivity index (χ0v) is 14.8. The van der Waals surface area contributed by atoms with Crippen molar-refractivity contribution in [1.29, 1.82) is 0 Å². The van der Waals surface area contributed by atoms with Crippen molar-refractivity contribution in [3.8, 4) is 17.2 Å². The molecule has 0 heterocycles. The second-order valence-corrected chi connectivity index (χ2v) is 5.18. The van der Waals surface area contributed by atoms with Crippen LogP contribution >= 0.6 is 12.2 Å². The number of hydrazone groups is 1. The van der Waals surface area contributed by atoms with Gasteiger partial charge < -0.3 is 19.5 Å². The zero-order chi connectivity index (χ0) is 18.2. The van der Waals surface area contributed by atoms with Gasteiger partial charge in [-0.05, 0) is 36.5 Å².